The predicted octanol–water partition coefficient (Wildman–Crippen LogP) is 2.25. The number of benzene rings is 1. The monoisotopic (exact) mass is 279 g/mol. The zero-order valence-corrected chi connectivity index (χ0v) is 11.9. The molecule has 0 saturated carbocycles. The highest BCUT2D eigenvalue weighted by Crippen LogP contribution is 2.07. The van der Waals surface area contributed by atoms with Gasteiger partial charge in [0.15, 0.2) is 0 Å². The number of carbonyl (C=O) groups excluding carboxylic acids is 2. The third-order valence-electron chi connectivity index (χ3n) is 2.65. The Hall–Kier alpha value is -2.24. The van der Waals surface area contributed by atoms with E-state index in [2.05, 4.69) is 20.7 Å². The minimum atomic E-state index is -0.435. The Morgan fingerprint density at radius 1 is 1.05 bits per heavy atom. The van der Waals surface area contributed by atoms with Crippen molar-refractivity contribution in [1.29, 1.82) is 0 Å². The first kappa shape index (κ1) is 15.8. The summed E-state index contributed by atoms with van der Waals surface area (Å²) in [5.41, 5.74) is 1.91. The fourth-order valence-corrected chi connectivity index (χ4v) is 1.53. The largest absolute Gasteiger partial charge is 0.453 e. The molecule has 0 fully saturated rings. The number of rotatable bonds is 6. The summed E-state index contributed by atoms with van der Waals surface area (Å²) < 4.78 is 4.44. The number of aryl methyl sites for hydroxylation is 1. The predicted molar refractivity (Wildman–Crippen MR) is 77.8 cm³/mol. The molecule has 3 N–H and O–H groups in total. The van der Waals surface area contributed by atoms with Crippen LogP contribution < -0.4 is 16.0 Å². The molecule has 110 valence electrons. The van der Waals surface area contributed by atoms with Crippen LogP contribution in [-0.2, 0) is 4.74 Å². The van der Waals surface area contributed by atoms with E-state index in [1.165, 1.54) is 7.11 Å². The molecule has 0 radical (unpaired) electrons. The standard InChI is InChI=1S/C14H21N3O3/c1-11-5-7-12(8-6-11)17-13(18)15-9-3-4-10-16-14(19)20-2/h5-8H,3-4,9-10H2,1-2H3,(H,16,19)(H2,15,17,18). The van der Waals surface area contributed by atoms with E-state index in [1.807, 2.05) is 31.2 Å². The van der Waals surface area contributed by atoms with E-state index in [1.54, 1.807) is 0 Å². The van der Waals surface area contributed by atoms with Crippen molar-refractivity contribution in [2.24, 2.45) is 0 Å². The third kappa shape index (κ3) is 6.63. The average Bonchev–Trinajstić information content (AvgIpc) is 2.44. The molecule has 0 heterocycles. The van der Waals surface area contributed by atoms with Crippen LogP contribution in [0.3, 0.4) is 0 Å². The first-order chi connectivity index (χ1) is 9.61. The van der Waals surface area contributed by atoms with Crippen molar-refractivity contribution in [2.45, 2.75) is 19.8 Å². The van der Waals surface area contributed by atoms with Crippen LogP contribution in [0.1, 0.15) is 18.4 Å². The molecule has 0 aliphatic carbocycles. The van der Waals surface area contributed by atoms with Crippen LogP contribution in [0, 0.1) is 6.92 Å². The van der Waals surface area contributed by atoms with E-state index in [0.29, 0.717) is 13.1 Å². The van der Waals surface area contributed by atoms with Crippen LogP contribution >= 0.6 is 0 Å². The first-order valence-corrected chi connectivity index (χ1v) is 6.55. The Morgan fingerprint density at radius 2 is 1.65 bits per heavy atom. The van der Waals surface area contributed by atoms with Gasteiger partial charge in [0.25, 0.3) is 0 Å². The maximum atomic E-state index is 11.6. The first-order valence-electron chi connectivity index (χ1n) is 6.55. The molecular formula is C14H21N3O3. The average molecular weight is 279 g/mol. The van der Waals surface area contributed by atoms with Gasteiger partial charge in [0.2, 0.25) is 0 Å². The van der Waals surface area contributed by atoms with E-state index in [9.17, 15) is 9.59 Å². The third-order valence-corrected chi connectivity index (χ3v) is 2.65. The highest BCUT2D eigenvalue weighted by molar-refractivity contribution is 5.89. The molecule has 0 aliphatic heterocycles. The quantitative estimate of drug-likeness (QED) is 0.699. The van der Waals surface area contributed by atoms with Gasteiger partial charge in [-0.15, -0.1) is 0 Å². The Morgan fingerprint density at radius 3 is 2.25 bits per heavy atom. The molecular weight excluding hydrogens is 258 g/mol. The minimum absolute atomic E-state index is 0.227. The van der Waals surface area contributed by atoms with Gasteiger partial charge in [0, 0.05) is 18.8 Å². The van der Waals surface area contributed by atoms with Crippen molar-refractivity contribution in [1.82, 2.24) is 10.6 Å². The molecule has 6 heteroatoms. The number of nitrogens with one attached hydrogen (secondary N) is 3. The Kier molecular flexibility index (Phi) is 6.95. The molecule has 0 atom stereocenters. The number of unbranched alkanes of at least 4 members (excludes halogenated alkanes) is 1. The number of amides is 3. The topological polar surface area (TPSA) is 79.5 Å². The van der Waals surface area contributed by atoms with Gasteiger partial charge in [-0.3, -0.25) is 0 Å². The summed E-state index contributed by atoms with van der Waals surface area (Å²) in [6.07, 6.45) is 1.13. The Bertz CT molecular complexity index is 432. The number of methoxy groups -OCH3 is 1. The van der Waals surface area contributed by atoms with Gasteiger partial charge in [-0.2, -0.15) is 0 Å². The van der Waals surface area contributed by atoms with Crippen molar-refractivity contribution < 1.29 is 14.3 Å². The number of urea groups is 1. The number of ether oxygens (including phenoxy) is 1. The summed E-state index contributed by atoms with van der Waals surface area (Å²) >= 11 is 0. The summed E-state index contributed by atoms with van der Waals surface area (Å²) in [5, 5.41) is 8.08. The van der Waals surface area contributed by atoms with Crippen molar-refractivity contribution in [3.05, 3.63) is 29.8 Å². The molecule has 1 aromatic rings. The SMILES string of the molecule is COC(=O)NCCCCNC(=O)Nc1ccc(C)cc1. The van der Waals surface area contributed by atoms with Crippen LogP contribution in [0.2, 0.25) is 0 Å². The molecule has 0 spiro atoms. The number of anilines is 1. The van der Waals surface area contributed by atoms with Gasteiger partial charge in [0.05, 0.1) is 7.11 Å². The van der Waals surface area contributed by atoms with E-state index < -0.39 is 6.09 Å². The maximum Gasteiger partial charge on any atom is 0.406 e. The zero-order chi connectivity index (χ0) is 14.8. The van der Waals surface area contributed by atoms with E-state index in [4.69, 9.17) is 0 Å². The fourth-order valence-electron chi connectivity index (χ4n) is 1.53. The molecule has 1 aromatic carbocycles. The van der Waals surface area contributed by atoms with Gasteiger partial charge >= 0.3 is 12.1 Å². The second-order valence-electron chi connectivity index (χ2n) is 4.37. The second kappa shape index (κ2) is 8.79. The van der Waals surface area contributed by atoms with Crippen LogP contribution in [-0.4, -0.2) is 32.3 Å². The minimum Gasteiger partial charge on any atom is -0.453 e. The highest BCUT2D eigenvalue weighted by atomic mass is 16.5. The van der Waals surface area contributed by atoms with Crippen LogP contribution in [0.4, 0.5) is 15.3 Å². The molecule has 0 bridgehead atoms. The lowest BCUT2D eigenvalue weighted by Gasteiger charge is -2.08. The molecule has 6 nitrogen and oxygen atoms in total. The molecule has 0 aromatic heterocycles. The summed E-state index contributed by atoms with van der Waals surface area (Å²) in [6.45, 7) is 3.08. The molecule has 3 amide bonds. The lowest BCUT2D eigenvalue weighted by molar-refractivity contribution is 0.171. The number of hydrogen-bond donors (Lipinski definition) is 3. The van der Waals surface area contributed by atoms with Crippen molar-refractivity contribution >= 4 is 17.8 Å². The number of alkyl carbamates (subject to hydrolysis) is 1. The normalized spacial score (nSPS) is 9.70. The summed E-state index contributed by atoms with van der Waals surface area (Å²) in [6, 6.07) is 7.36. The summed E-state index contributed by atoms with van der Waals surface area (Å²) in [7, 11) is 1.33. The Balaban J connectivity index is 2.08. The molecule has 1 rings (SSSR count). The van der Waals surface area contributed by atoms with E-state index in [0.717, 1.165) is 24.1 Å². The highest BCUT2D eigenvalue weighted by Gasteiger charge is 2.01. The summed E-state index contributed by atoms with van der Waals surface area (Å²) in [4.78, 5) is 22.3. The van der Waals surface area contributed by atoms with Gasteiger partial charge in [-0.05, 0) is 31.9 Å². The van der Waals surface area contributed by atoms with Gasteiger partial charge in [0.1, 0.15) is 0 Å². The van der Waals surface area contributed by atoms with E-state index >= 15 is 0 Å². The number of carbonyl (C=O) groups is 2. The maximum absolute atomic E-state index is 11.6. The second-order valence-corrected chi connectivity index (χ2v) is 4.37. The van der Waals surface area contributed by atoms with Gasteiger partial charge in [-0.1, -0.05) is 17.7 Å². The van der Waals surface area contributed by atoms with Crippen molar-refractivity contribution in [3.8, 4) is 0 Å². The Labute approximate surface area is 118 Å². The van der Waals surface area contributed by atoms with Gasteiger partial charge < -0.3 is 20.7 Å². The van der Waals surface area contributed by atoms with Gasteiger partial charge in [-0.25, -0.2) is 9.59 Å². The van der Waals surface area contributed by atoms with Crippen LogP contribution in [0.15, 0.2) is 24.3 Å². The molecule has 0 aliphatic rings. The molecule has 20 heavy (non-hydrogen) atoms. The van der Waals surface area contributed by atoms with Crippen LogP contribution in [0.25, 0.3) is 0 Å². The van der Waals surface area contributed by atoms with E-state index in [-0.39, 0.29) is 6.03 Å². The molecule has 0 saturated heterocycles. The van der Waals surface area contributed by atoms with Crippen LogP contribution in [0.5, 0.6) is 0 Å². The fraction of sp³-hybridized carbons (Fsp3) is 0.429. The lowest BCUT2D eigenvalue weighted by atomic mass is 10.2. The van der Waals surface area contributed by atoms with Crippen molar-refractivity contribution in [2.75, 3.05) is 25.5 Å². The number of hydrogen-bond acceptors (Lipinski definition) is 3. The zero-order valence-electron chi connectivity index (χ0n) is 11.9. The lowest BCUT2D eigenvalue weighted by Crippen LogP contribution is -2.30. The van der Waals surface area contributed by atoms with Crippen molar-refractivity contribution in [3.63, 3.8) is 0 Å². The molecule has 0 unspecified atom stereocenters. The summed E-state index contributed by atoms with van der Waals surface area (Å²) in [5.74, 6) is 0. The smallest absolute Gasteiger partial charge is 0.406 e.